The predicted octanol–water partition coefficient (Wildman–Crippen LogP) is 1.95. The van der Waals surface area contributed by atoms with E-state index in [9.17, 15) is 14.7 Å². The van der Waals surface area contributed by atoms with Crippen molar-refractivity contribution in [2.75, 3.05) is 20.2 Å². The van der Waals surface area contributed by atoms with E-state index in [0.29, 0.717) is 19.4 Å². The van der Waals surface area contributed by atoms with Crippen molar-refractivity contribution in [1.29, 1.82) is 0 Å². The molecule has 1 rings (SSSR count). The number of piperidine rings is 1. The Kier molecular flexibility index (Phi) is 4.93. The van der Waals surface area contributed by atoms with E-state index in [4.69, 9.17) is 9.47 Å². The van der Waals surface area contributed by atoms with Crippen LogP contribution in [0.1, 0.15) is 47.5 Å². The number of amides is 1. The van der Waals surface area contributed by atoms with Crippen LogP contribution in [0.2, 0.25) is 0 Å². The predicted molar refractivity (Wildman–Crippen MR) is 77.8 cm³/mol. The summed E-state index contributed by atoms with van der Waals surface area (Å²) >= 11 is 0. The van der Waals surface area contributed by atoms with Crippen LogP contribution in [-0.2, 0) is 14.3 Å². The fourth-order valence-electron chi connectivity index (χ4n) is 2.65. The van der Waals surface area contributed by atoms with Crippen LogP contribution in [0.3, 0.4) is 0 Å². The van der Waals surface area contributed by atoms with Gasteiger partial charge in [-0.15, -0.1) is 0 Å². The number of rotatable bonds is 2. The number of carbonyl (C=O) groups excluding carboxylic acids is 2. The summed E-state index contributed by atoms with van der Waals surface area (Å²) in [5, 5.41) is 10.4. The molecule has 1 saturated heterocycles. The molecule has 1 N–H and O–H groups in total. The lowest BCUT2D eigenvalue weighted by molar-refractivity contribution is -0.176. The minimum Gasteiger partial charge on any atom is -0.468 e. The molecule has 0 unspecified atom stereocenters. The third kappa shape index (κ3) is 3.87. The maximum atomic E-state index is 12.2. The van der Waals surface area contributed by atoms with Gasteiger partial charge < -0.3 is 19.5 Å². The Labute approximate surface area is 126 Å². The molecule has 0 aromatic carbocycles. The van der Waals surface area contributed by atoms with E-state index in [-0.39, 0.29) is 6.54 Å². The minimum atomic E-state index is -1.29. The monoisotopic (exact) mass is 301 g/mol. The van der Waals surface area contributed by atoms with Crippen molar-refractivity contribution < 1.29 is 24.2 Å². The molecular weight excluding hydrogens is 274 g/mol. The maximum Gasteiger partial charge on any atom is 0.410 e. The zero-order valence-electron chi connectivity index (χ0n) is 13.9. The highest BCUT2D eigenvalue weighted by Crippen LogP contribution is 2.41. The smallest absolute Gasteiger partial charge is 0.410 e. The van der Waals surface area contributed by atoms with E-state index in [1.54, 1.807) is 34.6 Å². The third-order valence-corrected chi connectivity index (χ3v) is 3.89. The molecule has 0 spiro atoms. The van der Waals surface area contributed by atoms with Gasteiger partial charge in [0.1, 0.15) is 11.0 Å². The van der Waals surface area contributed by atoms with Gasteiger partial charge in [-0.3, -0.25) is 4.79 Å². The van der Waals surface area contributed by atoms with E-state index in [0.717, 1.165) is 0 Å². The first kappa shape index (κ1) is 17.8. The molecule has 1 aliphatic heterocycles. The number of likely N-dealkylation sites (tertiary alicyclic amines) is 1. The molecule has 0 bridgehead atoms. The number of aliphatic hydroxyl groups is 1. The molecule has 0 radical (unpaired) electrons. The van der Waals surface area contributed by atoms with Crippen molar-refractivity contribution >= 4 is 12.1 Å². The summed E-state index contributed by atoms with van der Waals surface area (Å²) < 4.78 is 10.2. The van der Waals surface area contributed by atoms with Crippen LogP contribution in [0.15, 0.2) is 0 Å². The Morgan fingerprint density at radius 2 is 1.76 bits per heavy atom. The summed E-state index contributed by atoms with van der Waals surface area (Å²) in [6, 6.07) is 0. The molecule has 1 fully saturated rings. The van der Waals surface area contributed by atoms with Crippen LogP contribution in [0.4, 0.5) is 4.79 Å². The first-order valence-electron chi connectivity index (χ1n) is 7.22. The highest BCUT2D eigenvalue weighted by atomic mass is 16.6. The van der Waals surface area contributed by atoms with E-state index >= 15 is 0 Å². The average Bonchev–Trinajstić information content (AvgIpc) is 2.34. The zero-order valence-corrected chi connectivity index (χ0v) is 13.9. The maximum absolute atomic E-state index is 12.2. The van der Waals surface area contributed by atoms with Gasteiger partial charge in [0.15, 0.2) is 0 Å². The lowest BCUT2D eigenvalue weighted by Crippen LogP contribution is -2.60. The number of carbonyl (C=O) groups is 2. The summed E-state index contributed by atoms with van der Waals surface area (Å²) in [5.74, 6) is -0.497. The van der Waals surface area contributed by atoms with Gasteiger partial charge in [-0.05, 0) is 47.5 Å². The molecule has 6 nitrogen and oxygen atoms in total. The number of hydrogen-bond acceptors (Lipinski definition) is 5. The molecule has 0 aromatic heterocycles. The molecule has 1 amide bonds. The van der Waals surface area contributed by atoms with Gasteiger partial charge in [-0.1, -0.05) is 0 Å². The van der Waals surface area contributed by atoms with Crippen LogP contribution in [-0.4, -0.2) is 53.5 Å². The van der Waals surface area contributed by atoms with E-state index in [2.05, 4.69) is 0 Å². The van der Waals surface area contributed by atoms with Gasteiger partial charge in [0.2, 0.25) is 0 Å². The lowest BCUT2D eigenvalue weighted by Gasteiger charge is -2.47. The number of methoxy groups -OCH3 is 1. The summed E-state index contributed by atoms with van der Waals surface area (Å²) in [6.45, 7) is 9.11. The van der Waals surface area contributed by atoms with E-state index in [1.165, 1.54) is 12.0 Å². The molecule has 0 saturated carbocycles. The number of esters is 1. The van der Waals surface area contributed by atoms with Crippen molar-refractivity contribution in [2.24, 2.45) is 5.41 Å². The van der Waals surface area contributed by atoms with Gasteiger partial charge in [0.25, 0.3) is 0 Å². The Morgan fingerprint density at radius 1 is 1.19 bits per heavy atom. The standard InChI is InChI=1S/C15H27NO5/c1-13(2,3)21-12(18)16-9-7-8-15(10-16,11(17)20-6)14(4,5)19/h19H,7-10H2,1-6H3/t15-/m0/s1. The van der Waals surface area contributed by atoms with Crippen molar-refractivity contribution in [1.82, 2.24) is 4.90 Å². The summed E-state index contributed by atoms with van der Waals surface area (Å²) in [5.41, 5.74) is -3.02. The molecule has 6 heteroatoms. The van der Waals surface area contributed by atoms with Gasteiger partial charge >= 0.3 is 12.1 Å². The molecule has 0 aromatic rings. The molecule has 1 heterocycles. The molecule has 21 heavy (non-hydrogen) atoms. The lowest BCUT2D eigenvalue weighted by atomic mass is 9.68. The van der Waals surface area contributed by atoms with Gasteiger partial charge in [0, 0.05) is 13.1 Å². The first-order valence-corrected chi connectivity index (χ1v) is 7.22. The van der Waals surface area contributed by atoms with Crippen LogP contribution in [0.5, 0.6) is 0 Å². The highest BCUT2D eigenvalue weighted by molar-refractivity contribution is 5.80. The second kappa shape index (κ2) is 5.83. The minimum absolute atomic E-state index is 0.0953. The van der Waals surface area contributed by atoms with Crippen LogP contribution < -0.4 is 0 Å². The fraction of sp³-hybridized carbons (Fsp3) is 0.867. The normalized spacial score (nSPS) is 23.7. The summed E-state index contributed by atoms with van der Waals surface area (Å²) in [6.07, 6.45) is 0.612. The van der Waals surface area contributed by atoms with Gasteiger partial charge in [-0.2, -0.15) is 0 Å². The van der Waals surface area contributed by atoms with E-state index < -0.39 is 28.7 Å². The Bertz CT molecular complexity index is 407. The molecular formula is C15H27NO5. The largest absolute Gasteiger partial charge is 0.468 e. The average molecular weight is 301 g/mol. The number of nitrogens with zero attached hydrogens (tertiary/aromatic N) is 1. The number of ether oxygens (including phenoxy) is 2. The second-order valence-electron chi connectivity index (χ2n) is 7.14. The summed E-state index contributed by atoms with van der Waals surface area (Å²) in [4.78, 5) is 25.9. The quantitative estimate of drug-likeness (QED) is 0.789. The van der Waals surface area contributed by atoms with Crippen molar-refractivity contribution in [3.05, 3.63) is 0 Å². The first-order chi connectivity index (χ1) is 9.43. The highest BCUT2D eigenvalue weighted by Gasteiger charge is 2.54. The number of hydrogen-bond donors (Lipinski definition) is 1. The summed E-state index contributed by atoms with van der Waals surface area (Å²) in [7, 11) is 1.29. The van der Waals surface area contributed by atoms with Gasteiger partial charge in [0.05, 0.1) is 12.7 Å². The SMILES string of the molecule is COC(=O)[C@]1(C(C)(C)O)CCCN(C(=O)OC(C)(C)C)C1. The zero-order chi connectivity index (χ0) is 16.5. The molecule has 1 atom stereocenters. The second-order valence-corrected chi connectivity index (χ2v) is 7.14. The Balaban J connectivity index is 3.00. The van der Waals surface area contributed by atoms with E-state index in [1.807, 2.05) is 0 Å². The molecule has 1 aliphatic rings. The molecule has 0 aliphatic carbocycles. The Hall–Kier alpha value is -1.30. The van der Waals surface area contributed by atoms with Crippen molar-refractivity contribution in [2.45, 2.75) is 58.7 Å². The third-order valence-electron chi connectivity index (χ3n) is 3.89. The van der Waals surface area contributed by atoms with Crippen molar-refractivity contribution in [3.8, 4) is 0 Å². The topological polar surface area (TPSA) is 76.1 Å². The molecule has 122 valence electrons. The van der Waals surface area contributed by atoms with Crippen LogP contribution in [0.25, 0.3) is 0 Å². The van der Waals surface area contributed by atoms with Crippen LogP contribution >= 0.6 is 0 Å². The van der Waals surface area contributed by atoms with Crippen LogP contribution in [0, 0.1) is 5.41 Å². The van der Waals surface area contributed by atoms with Crippen molar-refractivity contribution in [3.63, 3.8) is 0 Å². The van der Waals surface area contributed by atoms with Gasteiger partial charge in [-0.25, -0.2) is 4.79 Å². The fourth-order valence-corrected chi connectivity index (χ4v) is 2.65. The Morgan fingerprint density at radius 3 is 2.19 bits per heavy atom.